The third-order valence-corrected chi connectivity index (χ3v) is 2.96. The van der Waals surface area contributed by atoms with Crippen LogP contribution in [0.2, 0.25) is 0 Å². The van der Waals surface area contributed by atoms with Gasteiger partial charge in [-0.25, -0.2) is 4.79 Å². The number of furan rings is 1. The number of nitrogens with zero attached hydrogens (tertiary/aromatic N) is 1. The van der Waals surface area contributed by atoms with E-state index in [0.29, 0.717) is 6.54 Å². The van der Waals surface area contributed by atoms with E-state index in [1.165, 1.54) is 6.07 Å². The molecule has 0 saturated carbocycles. The van der Waals surface area contributed by atoms with Crippen molar-refractivity contribution in [3.63, 3.8) is 0 Å². The molecule has 1 heterocycles. The minimum absolute atomic E-state index is 0.00181. The smallest absolute Gasteiger partial charge is 0.338 e. The fraction of sp³-hybridized carbons (Fsp3) is 0.500. The van der Waals surface area contributed by atoms with E-state index in [4.69, 9.17) is 9.52 Å². The maximum absolute atomic E-state index is 11.7. The number of amides is 1. The molecule has 1 aromatic heterocycles. The predicted molar refractivity (Wildman–Crippen MR) is 65.8 cm³/mol. The van der Waals surface area contributed by atoms with Crippen molar-refractivity contribution in [1.82, 2.24) is 10.2 Å². The van der Waals surface area contributed by atoms with Gasteiger partial charge in [-0.1, -0.05) is 0 Å². The van der Waals surface area contributed by atoms with Crippen molar-refractivity contribution < 1.29 is 19.1 Å². The summed E-state index contributed by atoms with van der Waals surface area (Å²) in [6, 6.07) is 1.21. The van der Waals surface area contributed by atoms with Gasteiger partial charge in [0.25, 0.3) is 5.91 Å². The van der Waals surface area contributed by atoms with Crippen LogP contribution in [0.5, 0.6) is 0 Å². The second-order valence-electron chi connectivity index (χ2n) is 4.89. The Balaban J connectivity index is 2.63. The predicted octanol–water partition coefficient (Wildman–Crippen LogP) is 1.05. The molecule has 1 aromatic rings. The van der Waals surface area contributed by atoms with Crippen molar-refractivity contribution >= 4 is 11.9 Å². The number of likely N-dealkylation sites (N-methyl/N-ethyl adjacent to an activating group) is 1. The molecule has 2 N–H and O–H groups in total. The summed E-state index contributed by atoms with van der Waals surface area (Å²) in [7, 11) is 3.84. The van der Waals surface area contributed by atoms with Crippen molar-refractivity contribution in [3.05, 3.63) is 23.7 Å². The largest absolute Gasteiger partial charge is 0.478 e. The molecule has 100 valence electrons. The molecule has 0 fully saturated rings. The van der Waals surface area contributed by atoms with Crippen LogP contribution < -0.4 is 5.32 Å². The molecule has 0 bridgehead atoms. The molecule has 0 aliphatic rings. The van der Waals surface area contributed by atoms with Gasteiger partial charge in [0.2, 0.25) is 0 Å². The lowest BCUT2D eigenvalue weighted by molar-refractivity contribution is 0.0696. The molecule has 0 saturated heterocycles. The molecule has 0 aliphatic heterocycles. The van der Waals surface area contributed by atoms with Gasteiger partial charge in [-0.05, 0) is 27.9 Å². The van der Waals surface area contributed by atoms with Crippen LogP contribution in [0.15, 0.2) is 16.7 Å². The van der Waals surface area contributed by atoms with Crippen LogP contribution in [0.3, 0.4) is 0 Å². The molecule has 0 aliphatic carbocycles. The van der Waals surface area contributed by atoms with Crippen LogP contribution in [-0.4, -0.2) is 48.1 Å². The number of hydrogen-bond acceptors (Lipinski definition) is 4. The van der Waals surface area contributed by atoms with Gasteiger partial charge in [0.1, 0.15) is 6.26 Å². The van der Waals surface area contributed by atoms with Crippen molar-refractivity contribution in [2.45, 2.75) is 19.4 Å². The third-order valence-electron chi connectivity index (χ3n) is 2.96. The zero-order chi connectivity index (χ0) is 13.9. The molecule has 6 nitrogen and oxygen atoms in total. The first kappa shape index (κ1) is 14.2. The molecule has 1 rings (SSSR count). The number of carbonyl (C=O) groups is 2. The highest BCUT2D eigenvalue weighted by atomic mass is 16.4. The van der Waals surface area contributed by atoms with Gasteiger partial charge in [0.05, 0.1) is 5.56 Å². The van der Waals surface area contributed by atoms with Gasteiger partial charge in [0.15, 0.2) is 5.76 Å². The lowest BCUT2D eigenvalue weighted by Gasteiger charge is -2.32. The molecule has 0 aromatic carbocycles. The van der Waals surface area contributed by atoms with E-state index < -0.39 is 11.9 Å². The number of nitrogens with one attached hydrogen (secondary N) is 1. The van der Waals surface area contributed by atoms with Gasteiger partial charge in [-0.3, -0.25) is 4.79 Å². The Kier molecular flexibility index (Phi) is 4.13. The zero-order valence-corrected chi connectivity index (χ0v) is 11.0. The summed E-state index contributed by atoms with van der Waals surface area (Å²) < 4.78 is 4.91. The van der Waals surface area contributed by atoms with Crippen LogP contribution in [0.25, 0.3) is 0 Å². The fourth-order valence-corrected chi connectivity index (χ4v) is 1.11. The summed E-state index contributed by atoms with van der Waals surface area (Å²) in [5.74, 6) is -1.54. The summed E-state index contributed by atoms with van der Waals surface area (Å²) >= 11 is 0. The Bertz CT molecular complexity index is 449. The molecule has 0 spiro atoms. The van der Waals surface area contributed by atoms with E-state index in [1.807, 2.05) is 32.8 Å². The average Bonchev–Trinajstić information content (AvgIpc) is 2.75. The standard InChI is InChI=1S/C12H18N2O4/c1-12(2,14(3)4)7-13-10(15)9-5-8(6-18-9)11(16)17/h5-6H,7H2,1-4H3,(H,13,15)(H,16,17). The van der Waals surface area contributed by atoms with Crippen LogP contribution in [0.1, 0.15) is 34.8 Å². The van der Waals surface area contributed by atoms with E-state index in [2.05, 4.69) is 5.32 Å². The highest BCUT2D eigenvalue weighted by Crippen LogP contribution is 2.10. The fourth-order valence-electron chi connectivity index (χ4n) is 1.11. The average molecular weight is 254 g/mol. The van der Waals surface area contributed by atoms with Gasteiger partial charge in [-0.2, -0.15) is 0 Å². The SMILES string of the molecule is CN(C)C(C)(C)CNC(=O)c1cc(C(=O)O)co1. The summed E-state index contributed by atoms with van der Waals surface area (Å²) in [5, 5.41) is 11.4. The molecule has 0 unspecified atom stereocenters. The zero-order valence-electron chi connectivity index (χ0n) is 11.0. The highest BCUT2D eigenvalue weighted by molar-refractivity contribution is 5.95. The first-order chi connectivity index (χ1) is 8.24. The van der Waals surface area contributed by atoms with Gasteiger partial charge >= 0.3 is 5.97 Å². The molecule has 1 amide bonds. The second kappa shape index (κ2) is 5.22. The molecule has 6 heteroatoms. The summed E-state index contributed by atoms with van der Waals surface area (Å²) in [6.07, 6.45) is 1.05. The van der Waals surface area contributed by atoms with E-state index in [1.54, 1.807) is 0 Å². The summed E-state index contributed by atoms with van der Waals surface area (Å²) in [4.78, 5) is 24.4. The number of carboxylic acids is 1. The topological polar surface area (TPSA) is 82.8 Å². The quantitative estimate of drug-likeness (QED) is 0.820. The maximum atomic E-state index is 11.7. The lowest BCUT2D eigenvalue weighted by atomic mass is 10.0. The summed E-state index contributed by atoms with van der Waals surface area (Å²) in [6.45, 7) is 4.40. The Hall–Kier alpha value is -1.82. The summed E-state index contributed by atoms with van der Waals surface area (Å²) in [5.41, 5.74) is -0.232. The maximum Gasteiger partial charge on any atom is 0.338 e. The molecular formula is C12H18N2O4. The number of rotatable bonds is 5. The van der Waals surface area contributed by atoms with Crippen LogP contribution in [0, 0.1) is 0 Å². The number of hydrogen-bond donors (Lipinski definition) is 2. The number of carboxylic acid groups (broad SMARTS) is 1. The van der Waals surface area contributed by atoms with E-state index >= 15 is 0 Å². The minimum atomic E-state index is -1.12. The Morgan fingerprint density at radius 1 is 1.44 bits per heavy atom. The highest BCUT2D eigenvalue weighted by Gasteiger charge is 2.22. The number of aromatic carboxylic acids is 1. The van der Waals surface area contributed by atoms with E-state index in [0.717, 1.165) is 6.26 Å². The van der Waals surface area contributed by atoms with E-state index in [-0.39, 0.29) is 16.9 Å². The first-order valence-corrected chi connectivity index (χ1v) is 5.51. The normalized spacial score (nSPS) is 11.6. The van der Waals surface area contributed by atoms with E-state index in [9.17, 15) is 9.59 Å². The minimum Gasteiger partial charge on any atom is -0.478 e. The Morgan fingerprint density at radius 2 is 2.06 bits per heavy atom. The van der Waals surface area contributed by atoms with Crippen molar-refractivity contribution in [2.75, 3.05) is 20.6 Å². The molecule has 18 heavy (non-hydrogen) atoms. The van der Waals surface area contributed by atoms with Crippen molar-refractivity contribution in [1.29, 1.82) is 0 Å². The molecular weight excluding hydrogens is 236 g/mol. The lowest BCUT2D eigenvalue weighted by Crippen LogP contribution is -2.48. The van der Waals surface area contributed by atoms with Crippen molar-refractivity contribution in [2.24, 2.45) is 0 Å². The Morgan fingerprint density at radius 3 is 2.50 bits per heavy atom. The van der Waals surface area contributed by atoms with Gasteiger partial charge in [-0.15, -0.1) is 0 Å². The van der Waals surface area contributed by atoms with Crippen LogP contribution in [0.4, 0.5) is 0 Å². The van der Waals surface area contributed by atoms with Crippen molar-refractivity contribution in [3.8, 4) is 0 Å². The molecule has 0 radical (unpaired) electrons. The van der Waals surface area contributed by atoms with Gasteiger partial charge in [0, 0.05) is 18.2 Å². The van der Waals surface area contributed by atoms with Gasteiger partial charge < -0.3 is 19.7 Å². The monoisotopic (exact) mass is 254 g/mol. The van der Waals surface area contributed by atoms with Crippen LogP contribution in [-0.2, 0) is 0 Å². The molecule has 0 atom stereocenters. The first-order valence-electron chi connectivity index (χ1n) is 5.51. The Labute approximate surface area is 106 Å². The van der Waals surface area contributed by atoms with Crippen LogP contribution >= 0.6 is 0 Å². The third kappa shape index (κ3) is 3.33. The number of carbonyl (C=O) groups excluding carboxylic acids is 1. The second-order valence-corrected chi connectivity index (χ2v) is 4.89.